The summed E-state index contributed by atoms with van der Waals surface area (Å²) in [4.78, 5) is 15.7. The van der Waals surface area contributed by atoms with Gasteiger partial charge in [0.1, 0.15) is 0 Å². The molecular weight excluding hydrogens is 394 g/mol. The molecule has 5 rings (SSSR count). The highest BCUT2D eigenvalue weighted by Gasteiger charge is 2.51. The minimum atomic E-state index is -2.45. The van der Waals surface area contributed by atoms with E-state index in [1.165, 1.54) is 5.56 Å². The first-order valence-electron chi connectivity index (χ1n) is 11.5. The minimum Gasteiger partial charge on any atom is -0.342 e. The number of nitrogens with zero attached hydrogens (tertiary/aromatic N) is 1. The summed E-state index contributed by atoms with van der Waals surface area (Å²) in [6.07, 6.45) is 2.25. The average molecular weight is 425 g/mol. The first kappa shape index (κ1) is 20.6. The van der Waals surface area contributed by atoms with Crippen LogP contribution < -0.4 is 5.32 Å². The van der Waals surface area contributed by atoms with Crippen LogP contribution in [-0.2, 0) is 16.6 Å². The standard InChI is InChI=1S/C26H30F2N2O/c27-24(28)21-8-9-22-20(15-21)7-4-12-26(22)17-29-16-23(26)25(31)30-13-10-19(11-14-30)18-5-2-1-3-6-18/h1-3,5-6,8-9,15,19,23-24,29H,4,7,10-14,16-17H2/t23-,26-/m0/s1. The van der Waals surface area contributed by atoms with E-state index in [0.29, 0.717) is 12.5 Å². The van der Waals surface area contributed by atoms with E-state index in [-0.39, 0.29) is 22.8 Å². The molecule has 0 radical (unpaired) electrons. The second kappa shape index (κ2) is 8.34. The Labute approximate surface area is 182 Å². The maximum atomic E-state index is 13.7. The topological polar surface area (TPSA) is 32.3 Å². The average Bonchev–Trinajstić information content (AvgIpc) is 3.23. The summed E-state index contributed by atoms with van der Waals surface area (Å²) in [6, 6.07) is 15.7. The maximum absolute atomic E-state index is 13.7. The monoisotopic (exact) mass is 424 g/mol. The zero-order valence-electron chi connectivity index (χ0n) is 17.8. The predicted octanol–water partition coefficient (Wildman–Crippen LogP) is 4.82. The third-order valence-electron chi connectivity index (χ3n) is 7.82. The molecule has 0 unspecified atom stereocenters. The second-order valence-electron chi connectivity index (χ2n) is 9.42. The molecule has 3 nitrogen and oxygen atoms in total. The van der Waals surface area contributed by atoms with Crippen molar-refractivity contribution in [2.75, 3.05) is 26.2 Å². The number of hydrogen-bond donors (Lipinski definition) is 1. The van der Waals surface area contributed by atoms with Crippen molar-refractivity contribution in [2.24, 2.45) is 5.92 Å². The summed E-state index contributed by atoms with van der Waals surface area (Å²) in [6.45, 7) is 3.02. The third kappa shape index (κ3) is 3.67. The van der Waals surface area contributed by atoms with Crippen LogP contribution in [0.2, 0.25) is 0 Å². The number of halogens is 2. The summed E-state index contributed by atoms with van der Waals surface area (Å²) in [7, 11) is 0. The van der Waals surface area contributed by atoms with Gasteiger partial charge in [0.15, 0.2) is 0 Å². The van der Waals surface area contributed by atoms with Gasteiger partial charge in [-0.15, -0.1) is 0 Å². The van der Waals surface area contributed by atoms with Gasteiger partial charge in [-0.3, -0.25) is 4.79 Å². The predicted molar refractivity (Wildman–Crippen MR) is 117 cm³/mol. The Balaban J connectivity index is 1.35. The molecule has 0 aromatic heterocycles. The summed E-state index contributed by atoms with van der Waals surface area (Å²) in [5.74, 6) is 0.642. The molecule has 0 bridgehead atoms. The van der Waals surface area contributed by atoms with Gasteiger partial charge >= 0.3 is 0 Å². The van der Waals surface area contributed by atoms with Crippen LogP contribution in [0.5, 0.6) is 0 Å². The van der Waals surface area contributed by atoms with Gasteiger partial charge in [0.05, 0.1) is 5.92 Å². The number of aryl methyl sites for hydroxylation is 1. The van der Waals surface area contributed by atoms with Crippen LogP contribution in [0.1, 0.15) is 60.3 Å². The zero-order chi connectivity index (χ0) is 21.4. The molecule has 164 valence electrons. The van der Waals surface area contributed by atoms with Crippen molar-refractivity contribution >= 4 is 5.91 Å². The lowest BCUT2D eigenvalue weighted by atomic mass is 9.64. The van der Waals surface area contributed by atoms with E-state index in [1.54, 1.807) is 12.1 Å². The van der Waals surface area contributed by atoms with Crippen molar-refractivity contribution in [3.63, 3.8) is 0 Å². The summed E-state index contributed by atoms with van der Waals surface area (Å²) in [5, 5.41) is 3.47. The molecule has 5 heteroatoms. The number of hydrogen-bond acceptors (Lipinski definition) is 2. The number of amides is 1. The van der Waals surface area contributed by atoms with Crippen molar-refractivity contribution < 1.29 is 13.6 Å². The number of nitrogens with one attached hydrogen (secondary N) is 1. The van der Waals surface area contributed by atoms with Crippen LogP contribution in [0.25, 0.3) is 0 Å². The van der Waals surface area contributed by atoms with Gasteiger partial charge in [-0.1, -0.05) is 42.5 Å². The number of rotatable bonds is 3. The zero-order valence-corrected chi connectivity index (χ0v) is 17.8. The van der Waals surface area contributed by atoms with Crippen molar-refractivity contribution in [2.45, 2.75) is 49.9 Å². The largest absolute Gasteiger partial charge is 0.342 e. The number of fused-ring (bicyclic) bond motifs is 2. The Morgan fingerprint density at radius 3 is 2.61 bits per heavy atom. The first-order chi connectivity index (χ1) is 15.1. The fraction of sp³-hybridized carbons (Fsp3) is 0.500. The van der Waals surface area contributed by atoms with Gasteiger partial charge in [0.25, 0.3) is 6.43 Å². The van der Waals surface area contributed by atoms with Gasteiger partial charge in [-0.05, 0) is 60.8 Å². The number of carbonyl (C=O) groups excluding carboxylic acids is 1. The lowest BCUT2D eigenvalue weighted by molar-refractivity contribution is -0.138. The Morgan fingerprint density at radius 1 is 1.10 bits per heavy atom. The molecule has 2 fully saturated rings. The lowest BCUT2D eigenvalue weighted by Gasteiger charge is -2.42. The van der Waals surface area contributed by atoms with Crippen LogP contribution in [0.15, 0.2) is 48.5 Å². The van der Waals surface area contributed by atoms with Gasteiger partial charge < -0.3 is 10.2 Å². The van der Waals surface area contributed by atoms with E-state index in [2.05, 4.69) is 34.5 Å². The molecule has 31 heavy (non-hydrogen) atoms. The normalized spacial score (nSPS) is 26.4. The van der Waals surface area contributed by atoms with Crippen LogP contribution in [0, 0.1) is 5.92 Å². The quantitative estimate of drug-likeness (QED) is 0.766. The van der Waals surface area contributed by atoms with Gasteiger partial charge in [0.2, 0.25) is 5.91 Å². The molecule has 1 amide bonds. The smallest absolute Gasteiger partial charge is 0.263 e. The SMILES string of the molecule is O=C([C@@H]1CNC[C@]12CCCc1cc(C(F)F)ccc12)N1CCC(c2ccccc2)CC1. The molecule has 2 aliphatic heterocycles. The van der Waals surface area contributed by atoms with Crippen molar-refractivity contribution in [3.05, 3.63) is 70.8 Å². The van der Waals surface area contributed by atoms with Gasteiger partial charge in [-0.25, -0.2) is 8.78 Å². The Morgan fingerprint density at radius 2 is 1.87 bits per heavy atom. The number of piperidine rings is 1. The van der Waals surface area contributed by atoms with Crippen molar-refractivity contribution in [1.29, 1.82) is 0 Å². The molecule has 1 spiro atoms. The van der Waals surface area contributed by atoms with Crippen LogP contribution in [-0.4, -0.2) is 37.0 Å². The molecular formula is C26H30F2N2O. The Bertz CT molecular complexity index is 940. The lowest BCUT2D eigenvalue weighted by Crippen LogP contribution is -2.49. The molecule has 2 aromatic rings. The number of benzene rings is 2. The van der Waals surface area contributed by atoms with Crippen LogP contribution in [0.4, 0.5) is 8.78 Å². The Hall–Kier alpha value is -2.27. The fourth-order valence-electron chi connectivity index (χ4n) is 6.18. The highest BCUT2D eigenvalue weighted by molar-refractivity contribution is 5.82. The molecule has 1 aliphatic carbocycles. The molecule has 2 saturated heterocycles. The highest BCUT2D eigenvalue weighted by Crippen LogP contribution is 2.46. The third-order valence-corrected chi connectivity index (χ3v) is 7.82. The summed E-state index contributed by atoms with van der Waals surface area (Å²) >= 11 is 0. The summed E-state index contributed by atoms with van der Waals surface area (Å²) in [5.41, 5.74) is 3.32. The molecule has 2 aromatic carbocycles. The molecule has 3 aliphatic rings. The van der Waals surface area contributed by atoms with E-state index in [9.17, 15) is 13.6 Å². The first-order valence-corrected chi connectivity index (χ1v) is 11.5. The van der Waals surface area contributed by atoms with E-state index >= 15 is 0 Å². The fourth-order valence-corrected chi connectivity index (χ4v) is 6.18. The van der Waals surface area contributed by atoms with E-state index in [0.717, 1.165) is 62.9 Å². The van der Waals surface area contributed by atoms with E-state index in [4.69, 9.17) is 0 Å². The number of alkyl halides is 2. The maximum Gasteiger partial charge on any atom is 0.263 e. The van der Waals surface area contributed by atoms with Crippen LogP contribution in [0.3, 0.4) is 0 Å². The van der Waals surface area contributed by atoms with Crippen LogP contribution >= 0.6 is 0 Å². The van der Waals surface area contributed by atoms with E-state index < -0.39 is 6.43 Å². The van der Waals surface area contributed by atoms with Crippen molar-refractivity contribution in [3.8, 4) is 0 Å². The van der Waals surface area contributed by atoms with Gasteiger partial charge in [-0.2, -0.15) is 0 Å². The molecule has 1 N–H and O–H groups in total. The van der Waals surface area contributed by atoms with E-state index in [1.807, 2.05) is 12.1 Å². The minimum absolute atomic E-state index is 0.0904. The Kier molecular flexibility index (Phi) is 5.55. The molecule has 2 heterocycles. The second-order valence-corrected chi connectivity index (χ2v) is 9.42. The van der Waals surface area contributed by atoms with Gasteiger partial charge in [0, 0.05) is 37.2 Å². The highest BCUT2D eigenvalue weighted by atomic mass is 19.3. The van der Waals surface area contributed by atoms with Crippen molar-refractivity contribution in [1.82, 2.24) is 10.2 Å². The molecule has 2 atom stereocenters. The number of likely N-dealkylation sites (tertiary alicyclic amines) is 1. The molecule has 0 saturated carbocycles. The summed E-state index contributed by atoms with van der Waals surface area (Å²) < 4.78 is 26.5. The number of carbonyl (C=O) groups is 1.